The largest absolute Gasteiger partial charge is 0.385 e. The van der Waals surface area contributed by atoms with Gasteiger partial charge in [-0.2, -0.15) is 0 Å². The van der Waals surface area contributed by atoms with Gasteiger partial charge in [0.2, 0.25) is 0 Å². The number of rotatable bonds is 3. The summed E-state index contributed by atoms with van der Waals surface area (Å²) < 4.78 is 0. The van der Waals surface area contributed by atoms with Crippen LogP contribution in [0, 0.1) is 0 Å². The van der Waals surface area contributed by atoms with Gasteiger partial charge in [-0.25, -0.2) is 0 Å². The molecule has 1 aromatic rings. The lowest BCUT2D eigenvalue weighted by Crippen LogP contribution is -2.48. The minimum Gasteiger partial charge on any atom is -0.385 e. The van der Waals surface area contributed by atoms with E-state index in [4.69, 9.17) is 0 Å². The number of benzene rings is 1. The number of nitrogens with one attached hydrogen (secondary N) is 1. The van der Waals surface area contributed by atoms with Gasteiger partial charge in [0, 0.05) is 44.0 Å². The molecule has 0 aliphatic carbocycles. The predicted molar refractivity (Wildman–Crippen MR) is 85.9 cm³/mol. The Balaban J connectivity index is 1.66. The number of fused-ring (bicyclic) bond motifs is 1. The van der Waals surface area contributed by atoms with E-state index < -0.39 is 0 Å². The summed E-state index contributed by atoms with van der Waals surface area (Å²) in [6.45, 7) is 8.12. The summed E-state index contributed by atoms with van der Waals surface area (Å²) in [5.41, 5.74) is 3.34. The van der Waals surface area contributed by atoms with E-state index in [1.807, 2.05) is 11.0 Å². The maximum atomic E-state index is 12.6. The van der Waals surface area contributed by atoms with Crippen molar-refractivity contribution in [2.45, 2.75) is 26.2 Å². The minimum absolute atomic E-state index is 0.194. The third-order valence-electron chi connectivity index (χ3n) is 4.49. The maximum absolute atomic E-state index is 12.6. The van der Waals surface area contributed by atoms with Gasteiger partial charge in [0.25, 0.3) is 5.91 Å². The van der Waals surface area contributed by atoms with Crippen molar-refractivity contribution in [1.29, 1.82) is 0 Å². The smallest absolute Gasteiger partial charge is 0.253 e. The van der Waals surface area contributed by atoms with E-state index in [-0.39, 0.29) is 5.91 Å². The first-order chi connectivity index (χ1) is 10.3. The van der Waals surface area contributed by atoms with Gasteiger partial charge in [-0.15, -0.1) is 0 Å². The molecular weight excluding hydrogens is 262 g/mol. The van der Waals surface area contributed by atoms with E-state index in [1.54, 1.807) is 0 Å². The first-order valence-corrected chi connectivity index (χ1v) is 8.16. The standard InChI is InChI=1S/C17H25N3O/c1-2-8-19-9-11-20(12-10-19)17(21)15-5-6-16-14(13-15)4-3-7-18-16/h5-6,13,18H,2-4,7-12H2,1H3. The average Bonchev–Trinajstić information content (AvgIpc) is 2.55. The molecule has 1 saturated heterocycles. The van der Waals surface area contributed by atoms with E-state index in [2.05, 4.69) is 29.3 Å². The highest BCUT2D eigenvalue weighted by molar-refractivity contribution is 5.95. The number of piperazine rings is 1. The summed E-state index contributed by atoms with van der Waals surface area (Å²) >= 11 is 0. The van der Waals surface area contributed by atoms with E-state index in [9.17, 15) is 4.79 Å². The molecule has 4 heteroatoms. The molecule has 114 valence electrons. The molecule has 1 N–H and O–H groups in total. The molecule has 0 atom stereocenters. The number of anilines is 1. The number of hydrogen-bond donors (Lipinski definition) is 1. The van der Waals surface area contributed by atoms with E-state index in [0.717, 1.165) is 57.7 Å². The molecule has 0 spiro atoms. The van der Waals surface area contributed by atoms with Crippen molar-refractivity contribution in [1.82, 2.24) is 9.80 Å². The lowest BCUT2D eigenvalue weighted by Gasteiger charge is -2.34. The molecule has 4 nitrogen and oxygen atoms in total. The summed E-state index contributed by atoms with van der Waals surface area (Å²) in [5, 5.41) is 3.40. The van der Waals surface area contributed by atoms with E-state index in [1.165, 1.54) is 17.7 Å². The third-order valence-corrected chi connectivity index (χ3v) is 4.49. The Morgan fingerprint density at radius 1 is 1.24 bits per heavy atom. The topological polar surface area (TPSA) is 35.6 Å². The van der Waals surface area contributed by atoms with Crippen molar-refractivity contribution in [2.24, 2.45) is 0 Å². The second kappa shape index (κ2) is 6.48. The van der Waals surface area contributed by atoms with Crippen LogP contribution in [0.3, 0.4) is 0 Å². The van der Waals surface area contributed by atoms with Gasteiger partial charge in [0.05, 0.1) is 0 Å². The van der Waals surface area contributed by atoms with Crippen LogP contribution in [-0.2, 0) is 6.42 Å². The molecule has 21 heavy (non-hydrogen) atoms. The molecule has 0 saturated carbocycles. The minimum atomic E-state index is 0.194. The highest BCUT2D eigenvalue weighted by atomic mass is 16.2. The fourth-order valence-corrected chi connectivity index (χ4v) is 3.28. The van der Waals surface area contributed by atoms with E-state index in [0.29, 0.717) is 0 Å². The molecular formula is C17H25N3O. The summed E-state index contributed by atoms with van der Waals surface area (Å²) in [6, 6.07) is 6.12. The van der Waals surface area contributed by atoms with Crippen LogP contribution in [-0.4, -0.2) is 55.0 Å². The highest BCUT2D eigenvalue weighted by Gasteiger charge is 2.22. The van der Waals surface area contributed by atoms with E-state index >= 15 is 0 Å². The first kappa shape index (κ1) is 14.4. The molecule has 0 bridgehead atoms. The predicted octanol–water partition coefficient (Wildman–Crippen LogP) is 2.21. The molecule has 1 fully saturated rings. The highest BCUT2D eigenvalue weighted by Crippen LogP contribution is 2.23. The van der Waals surface area contributed by atoms with Crippen molar-refractivity contribution < 1.29 is 4.79 Å². The fourth-order valence-electron chi connectivity index (χ4n) is 3.28. The van der Waals surface area contributed by atoms with Gasteiger partial charge >= 0.3 is 0 Å². The first-order valence-electron chi connectivity index (χ1n) is 8.16. The number of nitrogens with zero attached hydrogens (tertiary/aromatic N) is 2. The number of carbonyl (C=O) groups is 1. The normalized spacial score (nSPS) is 19.0. The van der Waals surface area contributed by atoms with Crippen molar-refractivity contribution in [2.75, 3.05) is 44.6 Å². The van der Waals surface area contributed by atoms with Crippen LogP contribution in [0.4, 0.5) is 5.69 Å². The second-order valence-corrected chi connectivity index (χ2v) is 6.04. The molecule has 2 aliphatic rings. The monoisotopic (exact) mass is 287 g/mol. The van der Waals surface area contributed by atoms with Gasteiger partial charge < -0.3 is 10.2 Å². The maximum Gasteiger partial charge on any atom is 0.253 e. The second-order valence-electron chi connectivity index (χ2n) is 6.04. The quantitative estimate of drug-likeness (QED) is 0.926. The van der Waals surface area contributed by atoms with Gasteiger partial charge in [-0.1, -0.05) is 6.92 Å². The molecule has 2 heterocycles. The van der Waals surface area contributed by atoms with Crippen LogP contribution in [0.15, 0.2) is 18.2 Å². The van der Waals surface area contributed by atoms with Crippen molar-refractivity contribution in [3.05, 3.63) is 29.3 Å². The average molecular weight is 287 g/mol. The molecule has 3 rings (SSSR count). The van der Waals surface area contributed by atoms with Crippen LogP contribution >= 0.6 is 0 Å². The van der Waals surface area contributed by atoms with Gasteiger partial charge in [0.1, 0.15) is 0 Å². The Morgan fingerprint density at radius 3 is 2.81 bits per heavy atom. The fraction of sp³-hybridized carbons (Fsp3) is 0.588. The third kappa shape index (κ3) is 3.21. The molecule has 0 aromatic heterocycles. The van der Waals surface area contributed by atoms with Gasteiger partial charge in [-0.3, -0.25) is 9.69 Å². The Kier molecular flexibility index (Phi) is 4.44. The molecule has 1 aromatic carbocycles. The SMILES string of the molecule is CCCN1CCN(C(=O)c2ccc3c(c2)CCCN3)CC1. The van der Waals surface area contributed by atoms with Gasteiger partial charge in [-0.05, 0) is 49.6 Å². The number of hydrogen-bond acceptors (Lipinski definition) is 3. The zero-order valence-electron chi connectivity index (χ0n) is 12.9. The number of aryl methyl sites for hydroxylation is 1. The zero-order chi connectivity index (χ0) is 14.7. The van der Waals surface area contributed by atoms with Crippen molar-refractivity contribution in [3.8, 4) is 0 Å². The summed E-state index contributed by atoms with van der Waals surface area (Å²) in [7, 11) is 0. The molecule has 2 aliphatic heterocycles. The number of carbonyl (C=O) groups excluding carboxylic acids is 1. The Bertz CT molecular complexity index is 507. The molecule has 0 radical (unpaired) electrons. The van der Waals surface area contributed by atoms with Crippen LogP contribution in [0.5, 0.6) is 0 Å². The van der Waals surface area contributed by atoms with Crippen LogP contribution in [0.25, 0.3) is 0 Å². The molecule has 0 unspecified atom stereocenters. The Morgan fingerprint density at radius 2 is 2.05 bits per heavy atom. The van der Waals surface area contributed by atoms with Crippen LogP contribution in [0.1, 0.15) is 35.7 Å². The van der Waals surface area contributed by atoms with Crippen LogP contribution < -0.4 is 5.32 Å². The molecule has 1 amide bonds. The summed E-state index contributed by atoms with van der Waals surface area (Å²) in [4.78, 5) is 17.1. The van der Waals surface area contributed by atoms with Crippen molar-refractivity contribution in [3.63, 3.8) is 0 Å². The van der Waals surface area contributed by atoms with Crippen molar-refractivity contribution >= 4 is 11.6 Å². The Labute approximate surface area is 127 Å². The zero-order valence-corrected chi connectivity index (χ0v) is 12.9. The lowest BCUT2D eigenvalue weighted by molar-refractivity contribution is 0.0637. The van der Waals surface area contributed by atoms with Gasteiger partial charge in [0.15, 0.2) is 0 Å². The number of amides is 1. The van der Waals surface area contributed by atoms with Crippen LogP contribution in [0.2, 0.25) is 0 Å². The summed E-state index contributed by atoms with van der Waals surface area (Å²) in [5.74, 6) is 0.194. The summed E-state index contributed by atoms with van der Waals surface area (Å²) in [6.07, 6.45) is 3.42. The lowest BCUT2D eigenvalue weighted by atomic mass is 10.00. The Hall–Kier alpha value is -1.55.